The van der Waals surface area contributed by atoms with Crippen molar-refractivity contribution >= 4 is 17.5 Å². The number of anilines is 1. The molecule has 124 valence electrons. The summed E-state index contributed by atoms with van der Waals surface area (Å²) in [4.78, 5) is 27.8. The molecule has 1 aliphatic rings. The van der Waals surface area contributed by atoms with E-state index in [1.807, 2.05) is 0 Å². The summed E-state index contributed by atoms with van der Waals surface area (Å²) in [6, 6.07) is 11.1. The highest BCUT2D eigenvalue weighted by Crippen LogP contribution is 2.25. The van der Waals surface area contributed by atoms with Crippen LogP contribution >= 0.6 is 0 Å². The zero-order valence-corrected chi connectivity index (χ0v) is 13.1. The van der Waals surface area contributed by atoms with E-state index in [1.54, 1.807) is 37.3 Å². The zero-order chi connectivity index (χ0) is 17.3. The molecule has 2 aromatic rings. The van der Waals surface area contributed by atoms with Gasteiger partial charge >= 0.3 is 0 Å². The fraction of sp³-hybridized carbons (Fsp3) is 0.222. The summed E-state index contributed by atoms with van der Waals surface area (Å²) in [6.07, 6.45) is 0. The molecule has 2 aromatic carbocycles. The van der Waals surface area contributed by atoms with Gasteiger partial charge in [0.15, 0.2) is 0 Å². The molecule has 1 aliphatic heterocycles. The number of piperazine rings is 1. The molecule has 1 atom stereocenters. The van der Waals surface area contributed by atoms with E-state index in [0.29, 0.717) is 5.56 Å². The van der Waals surface area contributed by atoms with Crippen LogP contribution in [0.1, 0.15) is 17.3 Å². The van der Waals surface area contributed by atoms with Crippen molar-refractivity contribution < 1.29 is 18.4 Å². The van der Waals surface area contributed by atoms with E-state index >= 15 is 0 Å². The number of nitrogens with zero attached hydrogens (tertiary/aromatic N) is 2. The van der Waals surface area contributed by atoms with Crippen LogP contribution in [-0.2, 0) is 4.79 Å². The van der Waals surface area contributed by atoms with Gasteiger partial charge in [0.1, 0.15) is 17.7 Å². The van der Waals surface area contributed by atoms with Crippen LogP contribution < -0.4 is 4.90 Å². The smallest absolute Gasteiger partial charge is 0.254 e. The van der Waals surface area contributed by atoms with E-state index in [9.17, 15) is 18.4 Å². The van der Waals surface area contributed by atoms with E-state index in [1.165, 1.54) is 15.9 Å². The molecule has 6 heteroatoms. The van der Waals surface area contributed by atoms with Gasteiger partial charge in [-0.2, -0.15) is 0 Å². The van der Waals surface area contributed by atoms with Gasteiger partial charge < -0.3 is 9.80 Å². The Hall–Kier alpha value is -2.76. The molecule has 1 fully saturated rings. The quantitative estimate of drug-likeness (QED) is 0.849. The van der Waals surface area contributed by atoms with E-state index in [2.05, 4.69) is 0 Å². The monoisotopic (exact) mass is 330 g/mol. The average Bonchev–Trinajstić information content (AvgIpc) is 2.58. The Morgan fingerprint density at radius 3 is 2.46 bits per heavy atom. The summed E-state index contributed by atoms with van der Waals surface area (Å²) in [5.74, 6) is -2.13. The summed E-state index contributed by atoms with van der Waals surface area (Å²) in [6.45, 7) is 2.04. The van der Waals surface area contributed by atoms with Crippen LogP contribution in [0.5, 0.6) is 0 Å². The first-order valence-electron chi connectivity index (χ1n) is 7.61. The first kappa shape index (κ1) is 16.1. The molecule has 24 heavy (non-hydrogen) atoms. The summed E-state index contributed by atoms with van der Waals surface area (Å²) in [7, 11) is 0. The fourth-order valence-corrected chi connectivity index (χ4v) is 2.83. The van der Waals surface area contributed by atoms with Crippen LogP contribution in [0.4, 0.5) is 14.5 Å². The molecular weight excluding hydrogens is 314 g/mol. The molecule has 0 N–H and O–H groups in total. The van der Waals surface area contributed by atoms with Crippen molar-refractivity contribution in [3.63, 3.8) is 0 Å². The second-order valence-corrected chi connectivity index (χ2v) is 5.63. The number of hydrogen-bond acceptors (Lipinski definition) is 2. The van der Waals surface area contributed by atoms with E-state index in [4.69, 9.17) is 0 Å². The van der Waals surface area contributed by atoms with Gasteiger partial charge in [-0.1, -0.05) is 18.2 Å². The van der Waals surface area contributed by atoms with Gasteiger partial charge in [0.05, 0.1) is 5.69 Å². The van der Waals surface area contributed by atoms with Crippen molar-refractivity contribution in [2.24, 2.45) is 0 Å². The van der Waals surface area contributed by atoms with Gasteiger partial charge in [-0.05, 0) is 31.2 Å². The summed E-state index contributed by atoms with van der Waals surface area (Å²) >= 11 is 0. The molecular formula is C18H16F2N2O2. The van der Waals surface area contributed by atoms with Crippen LogP contribution in [0.2, 0.25) is 0 Å². The average molecular weight is 330 g/mol. The van der Waals surface area contributed by atoms with Gasteiger partial charge in [-0.3, -0.25) is 9.59 Å². The number of halogens is 2. The second kappa shape index (κ2) is 6.39. The number of hydrogen-bond donors (Lipinski definition) is 0. The van der Waals surface area contributed by atoms with Crippen LogP contribution in [0.25, 0.3) is 0 Å². The highest BCUT2D eigenvalue weighted by Gasteiger charge is 2.36. The van der Waals surface area contributed by atoms with Gasteiger partial charge in [-0.15, -0.1) is 0 Å². The molecule has 1 saturated heterocycles. The lowest BCUT2D eigenvalue weighted by Gasteiger charge is -2.39. The van der Waals surface area contributed by atoms with Crippen LogP contribution in [0.3, 0.4) is 0 Å². The van der Waals surface area contributed by atoms with Crippen molar-refractivity contribution in [3.05, 3.63) is 65.7 Å². The lowest BCUT2D eigenvalue weighted by Crippen LogP contribution is -2.58. The highest BCUT2D eigenvalue weighted by molar-refractivity contribution is 6.03. The minimum atomic E-state index is -0.793. The lowest BCUT2D eigenvalue weighted by molar-refractivity contribution is -0.124. The Morgan fingerprint density at radius 1 is 1.08 bits per heavy atom. The maximum absolute atomic E-state index is 13.9. The van der Waals surface area contributed by atoms with E-state index < -0.39 is 23.6 Å². The summed E-state index contributed by atoms with van der Waals surface area (Å²) < 4.78 is 27.0. The number of carbonyl (C=O) groups is 2. The van der Waals surface area contributed by atoms with E-state index in [0.717, 1.165) is 12.1 Å². The first-order chi connectivity index (χ1) is 11.5. The molecule has 0 saturated carbocycles. The molecule has 4 nitrogen and oxygen atoms in total. The van der Waals surface area contributed by atoms with Crippen molar-refractivity contribution in [2.75, 3.05) is 18.0 Å². The van der Waals surface area contributed by atoms with Gasteiger partial charge in [0, 0.05) is 24.7 Å². The second-order valence-electron chi connectivity index (χ2n) is 5.63. The van der Waals surface area contributed by atoms with E-state index in [-0.39, 0.29) is 24.7 Å². The Morgan fingerprint density at radius 2 is 1.79 bits per heavy atom. The number of benzene rings is 2. The largest absolute Gasteiger partial charge is 0.325 e. The maximum atomic E-state index is 13.9. The molecule has 0 bridgehead atoms. The first-order valence-corrected chi connectivity index (χ1v) is 7.61. The Labute approximate surface area is 138 Å². The third-order valence-corrected chi connectivity index (χ3v) is 4.14. The molecule has 0 aliphatic carbocycles. The van der Waals surface area contributed by atoms with Crippen molar-refractivity contribution in [3.8, 4) is 0 Å². The molecule has 3 rings (SSSR count). The number of amides is 2. The minimum Gasteiger partial charge on any atom is -0.325 e. The van der Waals surface area contributed by atoms with Gasteiger partial charge in [-0.25, -0.2) is 8.78 Å². The Balaban J connectivity index is 1.82. The van der Waals surface area contributed by atoms with Crippen molar-refractivity contribution in [2.45, 2.75) is 13.0 Å². The Bertz CT molecular complexity index is 780. The van der Waals surface area contributed by atoms with Crippen LogP contribution in [0, 0.1) is 11.6 Å². The molecule has 0 unspecified atom stereocenters. The molecule has 0 aromatic heterocycles. The van der Waals surface area contributed by atoms with Gasteiger partial charge in [0.25, 0.3) is 5.91 Å². The molecule has 1 heterocycles. The zero-order valence-electron chi connectivity index (χ0n) is 13.1. The summed E-state index contributed by atoms with van der Waals surface area (Å²) in [5.41, 5.74) is 0.527. The third kappa shape index (κ3) is 2.87. The van der Waals surface area contributed by atoms with Crippen molar-refractivity contribution in [1.82, 2.24) is 4.90 Å². The fourth-order valence-electron chi connectivity index (χ4n) is 2.83. The SMILES string of the molecule is C[C@H]1C(=O)N(c2ccc(F)cc2F)CCN1C(=O)c1ccccc1. The molecule has 2 amide bonds. The lowest BCUT2D eigenvalue weighted by atomic mass is 10.1. The number of carbonyl (C=O) groups excluding carboxylic acids is 2. The Kier molecular flexibility index (Phi) is 4.29. The number of rotatable bonds is 2. The van der Waals surface area contributed by atoms with Crippen molar-refractivity contribution in [1.29, 1.82) is 0 Å². The predicted octanol–water partition coefficient (Wildman–Crippen LogP) is 2.84. The topological polar surface area (TPSA) is 40.6 Å². The molecule has 0 radical (unpaired) electrons. The molecule has 0 spiro atoms. The van der Waals surface area contributed by atoms with Crippen LogP contribution in [-0.4, -0.2) is 35.8 Å². The maximum Gasteiger partial charge on any atom is 0.254 e. The third-order valence-electron chi connectivity index (χ3n) is 4.14. The van der Waals surface area contributed by atoms with Gasteiger partial charge in [0.2, 0.25) is 5.91 Å². The highest BCUT2D eigenvalue weighted by atomic mass is 19.1. The summed E-state index contributed by atoms with van der Waals surface area (Å²) in [5, 5.41) is 0. The minimum absolute atomic E-state index is 0.0278. The predicted molar refractivity (Wildman–Crippen MR) is 85.7 cm³/mol. The van der Waals surface area contributed by atoms with Crippen LogP contribution in [0.15, 0.2) is 48.5 Å². The standard InChI is InChI=1S/C18H16F2N2O2/c1-12-17(23)22(16-8-7-14(19)11-15(16)20)10-9-21(12)18(24)13-5-3-2-4-6-13/h2-8,11-12H,9-10H2,1H3/t12-/m0/s1. The normalized spacial score (nSPS) is 18.0.